The lowest BCUT2D eigenvalue weighted by Crippen LogP contribution is -2.52. The highest BCUT2D eigenvalue weighted by Gasteiger charge is 2.36. The summed E-state index contributed by atoms with van der Waals surface area (Å²) in [7, 11) is 3.59. The number of amides is 1. The third-order valence-electron chi connectivity index (χ3n) is 3.88. The van der Waals surface area contributed by atoms with E-state index in [9.17, 15) is 4.79 Å². The lowest BCUT2D eigenvalue weighted by Gasteiger charge is -2.38. The van der Waals surface area contributed by atoms with E-state index in [1.807, 2.05) is 25.8 Å². The van der Waals surface area contributed by atoms with Gasteiger partial charge in [0, 0.05) is 20.2 Å². The van der Waals surface area contributed by atoms with Gasteiger partial charge in [-0.2, -0.15) is 0 Å². The molecule has 0 radical (unpaired) electrons. The maximum atomic E-state index is 12.4. The Morgan fingerprint density at radius 3 is 2.82 bits per heavy atom. The number of ether oxygens (including phenoxy) is 1. The lowest BCUT2D eigenvalue weighted by atomic mass is 9.94. The zero-order valence-electron chi connectivity index (χ0n) is 11.6. The number of hydrogen-bond acceptors (Lipinski definition) is 3. The maximum Gasteiger partial charge on any atom is 0.254 e. The molecule has 0 bridgehead atoms. The molecule has 2 atom stereocenters. The number of rotatable bonds is 5. The number of carbonyl (C=O) groups is 1. The van der Waals surface area contributed by atoms with Gasteiger partial charge in [-0.25, -0.2) is 0 Å². The molecule has 0 aromatic rings. The highest BCUT2D eigenvalue weighted by atomic mass is 16.5. The van der Waals surface area contributed by atoms with Crippen molar-refractivity contribution < 1.29 is 9.53 Å². The number of nitrogens with one attached hydrogen (secondary N) is 1. The van der Waals surface area contributed by atoms with E-state index in [4.69, 9.17) is 4.74 Å². The number of methoxy groups -OCH3 is 1. The van der Waals surface area contributed by atoms with Gasteiger partial charge in [-0.15, -0.1) is 0 Å². The van der Waals surface area contributed by atoms with E-state index in [-0.39, 0.29) is 5.91 Å². The Labute approximate surface area is 105 Å². The van der Waals surface area contributed by atoms with Gasteiger partial charge in [0.25, 0.3) is 5.91 Å². The zero-order chi connectivity index (χ0) is 12.9. The minimum atomic E-state index is -0.651. The summed E-state index contributed by atoms with van der Waals surface area (Å²) >= 11 is 0. The van der Waals surface area contributed by atoms with Crippen LogP contribution < -0.4 is 5.32 Å². The van der Waals surface area contributed by atoms with Crippen molar-refractivity contribution in [2.75, 3.05) is 33.8 Å². The first kappa shape index (κ1) is 14.5. The maximum absolute atomic E-state index is 12.4. The summed E-state index contributed by atoms with van der Waals surface area (Å²) in [5, 5.41) is 3.19. The summed E-state index contributed by atoms with van der Waals surface area (Å²) in [5.74, 6) is 0.721. The van der Waals surface area contributed by atoms with Crippen molar-refractivity contribution in [2.24, 2.45) is 5.92 Å². The van der Waals surface area contributed by atoms with Crippen LogP contribution in [0.5, 0.6) is 0 Å². The topological polar surface area (TPSA) is 41.6 Å². The van der Waals surface area contributed by atoms with Crippen molar-refractivity contribution in [1.82, 2.24) is 10.2 Å². The van der Waals surface area contributed by atoms with E-state index < -0.39 is 5.60 Å². The van der Waals surface area contributed by atoms with Crippen LogP contribution in [0.25, 0.3) is 0 Å². The predicted octanol–water partition coefficient (Wildman–Crippen LogP) is 1.26. The Kier molecular flexibility index (Phi) is 5.40. The summed E-state index contributed by atoms with van der Waals surface area (Å²) in [4.78, 5) is 14.4. The quantitative estimate of drug-likeness (QED) is 0.789. The van der Waals surface area contributed by atoms with Crippen molar-refractivity contribution in [3.05, 3.63) is 0 Å². The Morgan fingerprint density at radius 2 is 2.29 bits per heavy atom. The monoisotopic (exact) mass is 242 g/mol. The summed E-state index contributed by atoms with van der Waals surface area (Å²) in [5.41, 5.74) is -0.651. The molecular weight excluding hydrogens is 216 g/mol. The van der Waals surface area contributed by atoms with Gasteiger partial charge < -0.3 is 15.0 Å². The first-order valence-electron chi connectivity index (χ1n) is 6.56. The number of piperidine rings is 1. The first-order valence-corrected chi connectivity index (χ1v) is 6.56. The van der Waals surface area contributed by atoms with E-state index in [1.165, 1.54) is 6.42 Å². The molecule has 0 aromatic carbocycles. The van der Waals surface area contributed by atoms with Gasteiger partial charge in [-0.1, -0.05) is 6.92 Å². The van der Waals surface area contributed by atoms with Crippen molar-refractivity contribution in [1.29, 1.82) is 0 Å². The van der Waals surface area contributed by atoms with Gasteiger partial charge >= 0.3 is 0 Å². The van der Waals surface area contributed by atoms with Gasteiger partial charge in [0.15, 0.2) is 0 Å². The van der Waals surface area contributed by atoms with Gasteiger partial charge in [0.2, 0.25) is 0 Å². The largest absolute Gasteiger partial charge is 0.369 e. The van der Waals surface area contributed by atoms with Crippen LogP contribution in [0.15, 0.2) is 0 Å². The molecule has 100 valence electrons. The van der Waals surface area contributed by atoms with Crippen molar-refractivity contribution in [3.63, 3.8) is 0 Å². The Morgan fingerprint density at radius 1 is 1.59 bits per heavy atom. The van der Waals surface area contributed by atoms with Gasteiger partial charge in [-0.3, -0.25) is 4.79 Å². The van der Waals surface area contributed by atoms with Crippen molar-refractivity contribution in [3.8, 4) is 0 Å². The minimum Gasteiger partial charge on any atom is -0.369 e. The highest BCUT2D eigenvalue weighted by molar-refractivity contribution is 5.84. The van der Waals surface area contributed by atoms with E-state index >= 15 is 0 Å². The van der Waals surface area contributed by atoms with Crippen LogP contribution >= 0.6 is 0 Å². The Balaban J connectivity index is 2.62. The molecule has 2 unspecified atom stereocenters. The second-order valence-corrected chi connectivity index (χ2v) is 5.11. The molecular formula is C13H26N2O2. The van der Waals surface area contributed by atoms with E-state index in [2.05, 4.69) is 5.32 Å². The molecule has 1 rings (SSSR count). The summed E-state index contributed by atoms with van der Waals surface area (Å²) in [6.07, 6.45) is 3.03. The fourth-order valence-corrected chi connectivity index (χ4v) is 2.42. The summed E-state index contributed by atoms with van der Waals surface area (Å²) < 4.78 is 5.39. The zero-order valence-corrected chi connectivity index (χ0v) is 11.6. The van der Waals surface area contributed by atoms with E-state index in [1.54, 1.807) is 7.11 Å². The van der Waals surface area contributed by atoms with Crippen LogP contribution in [0.3, 0.4) is 0 Å². The average molecular weight is 242 g/mol. The van der Waals surface area contributed by atoms with Crippen LogP contribution in [-0.2, 0) is 9.53 Å². The number of carbonyl (C=O) groups excluding carboxylic acids is 1. The third kappa shape index (κ3) is 3.42. The second kappa shape index (κ2) is 6.36. The molecule has 1 aliphatic rings. The molecule has 0 aliphatic carbocycles. The Bertz CT molecular complexity index is 250. The van der Waals surface area contributed by atoms with Crippen molar-refractivity contribution in [2.45, 2.75) is 38.7 Å². The molecule has 1 saturated heterocycles. The lowest BCUT2D eigenvalue weighted by molar-refractivity contribution is -0.155. The Hall–Kier alpha value is -0.610. The van der Waals surface area contributed by atoms with E-state index in [0.717, 1.165) is 32.5 Å². The van der Waals surface area contributed by atoms with Crippen molar-refractivity contribution >= 4 is 5.91 Å². The molecule has 0 aromatic heterocycles. The molecule has 1 heterocycles. The molecule has 0 saturated carbocycles. The minimum absolute atomic E-state index is 0.142. The predicted molar refractivity (Wildman–Crippen MR) is 68.9 cm³/mol. The van der Waals surface area contributed by atoms with Crippen LogP contribution in [0.4, 0.5) is 0 Å². The molecule has 1 fully saturated rings. The molecule has 1 aliphatic heterocycles. The van der Waals surface area contributed by atoms with Gasteiger partial charge in [-0.05, 0) is 45.7 Å². The number of nitrogens with zero attached hydrogens (tertiary/aromatic N) is 1. The fourth-order valence-electron chi connectivity index (χ4n) is 2.42. The molecule has 4 heteroatoms. The first-order chi connectivity index (χ1) is 8.07. The molecule has 17 heavy (non-hydrogen) atoms. The standard InChI is InChI=1S/C13H26N2O2/c1-5-13(2,17-4)12(16)15-8-6-7-11(10-15)9-14-3/h11,14H,5-10H2,1-4H3. The fraction of sp³-hybridized carbons (Fsp3) is 0.923. The van der Waals surface area contributed by atoms with Crippen LogP contribution in [0, 0.1) is 5.92 Å². The second-order valence-electron chi connectivity index (χ2n) is 5.11. The third-order valence-corrected chi connectivity index (χ3v) is 3.88. The SMILES string of the molecule is CCC(C)(OC)C(=O)N1CCCC(CNC)C1. The molecule has 1 N–H and O–H groups in total. The smallest absolute Gasteiger partial charge is 0.254 e. The molecule has 0 spiro atoms. The number of hydrogen-bond donors (Lipinski definition) is 1. The van der Waals surface area contributed by atoms with Crippen LogP contribution in [0.2, 0.25) is 0 Å². The van der Waals surface area contributed by atoms with E-state index in [0.29, 0.717) is 5.92 Å². The summed E-state index contributed by atoms with van der Waals surface area (Å²) in [6.45, 7) is 6.60. The summed E-state index contributed by atoms with van der Waals surface area (Å²) in [6, 6.07) is 0. The van der Waals surface area contributed by atoms with Gasteiger partial charge in [0.1, 0.15) is 5.60 Å². The van der Waals surface area contributed by atoms with Crippen LogP contribution in [0.1, 0.15) is 33.1 Å². The highest BCUT2D eigenvalue weighted by Crippen LogP contribution is 2.22. The average Bonchev–Trinajstić information content (AvgIpc) is 2.37. The molecule has 4 nitrogen and oxygen atoms in total. The number of likely N-dealkylation sites (tertiary alicyclic amines) is 1. The van der Waals surface area contributed by atoms with Crippen LogP contribution in [-0.4, -0.2) is 50.2 Å². The molecule has 1 amide bonds. The normalized spacial score (nSPS) is 24.5. The van der Waals surface area contributed by atoms with Gasteiger partial charge in [0.05, 0.1) is 0 Å².